The molecule has 28 heavy (non-hydrogen) atoms. The number of para-hydroxylation sites is 1. The van der Waals surface area contributed by atoms with Gasteiger partial charge in [0.25, 0.3) is 5.56 Å². The van der Waals surface area contributed by atoms with Crippen molar-refractivity contribution in [3.63, 3.8) is 0 Å². The van der Waals surface area contributed by atoms with Crippen LogP contribution in [0.15, 0.2) is 65.6 Å². The fourth-order valence-corrected chi connectivity index (χ4v) is 3.24. The first-order valence-corrected chi connectivity index (χ1v) is 9.02. The molecular weight excluding hydrogens is 350 g/mol. The summed E-state index contributed by atoms with van der Waals surface area (Å²) in [7, 11) is 0. The van der Waals surface area contributed by atoms with E-state index in [0.29, 0.717) is 22.6 Å². The summed E-state index contributed by atoms with van der Waals surface area (Å²) >= 11 is 0. The molecule has 0 aliphatic heterocycles. The second kappa shape index (κ2) is 7.05. The molecule has 0 fully saturated rings. The van der Waals surface area contributed by atoms with E-state index in [2.05, 4.69) is 20.2 Å². The average Bonchev–Trinajstić information content (AvgIpc) is 3.12. The Hall–Kier alpha value is -3.85. The molecule has 2 N–H and O–H groups in total. The van der Waals surface area contributed by atoms with Gasteiger partial charge in [-0.2, -0.15) is 0 Å². The van der Waals surface area contributed by atoms with Gasteiger partial charge >= 0.3 is 0 Å². The fourth-order valence-electron chi connectivity index (χ4n) is 3.24. The summed E-state index contributed by atoms with van der Waals surface area (Å²) in [5.41, 5.74) is 4.56. The smallest absolute Gasteiger partial charge is 0.275 e. The van der Waals surface area contributed by atoms with Crippen LogP contribution in [0.4, 0.5) is 17.1 Å². The van der Waals surface area contributed by atoms with E-state index in [1.165, 1.54) is 10.7 Å². The molecule has 0 bridgehead atoms. The molecule has 138 valence electrons. The Labute approximate surface area is 162 Å². The van der Waals surface area contributed by atoms with Crippen molar-refractivity contribution in [1.29, 1.82) is 0 Å². The molecule has 0 radical (unpaired) electrons. The highest BCUT2D eigenvalue weighted by molar-refractivity contribution is 5.74. The minimum absolute atomic E-state index is 0.00582. The number of nitrogens with one attached hydrogen (secondary N) is 2. The molecule has 4 aromatic rings. The van der Waals surface area contributed by atoms with E-state index in [4.69, 9.17) is 6.57 Å². The first-order valence-electron chi connectivity index (χ1n) is 9.02. The van der Waals surface area contributed by atoms with Gasteiger partial charge in [0.2, 0.25) is 5.69 Å². The molecule has 2 heterocycles. The lowest BCUT2D eigenvalue weighted by atomic mass is 9.98. The fraction of sp³-hybridized carbons (Fsp3) is 0.136. The lowest BCUT2D eigenvalue weighted by molar-refractivity contribution is 0.798. The maximum Gasteiger partial charge on any atom is 0.275 e. The molecule has 0 atom stereocenters. The number of nitrogens with zero attached hydrogens (tertiary/aromatic N) is 3. The maximum absolute atomic E-state index is 13.0. The summed E-state index contributed by atoms with van der Waals surface area (Å²) in [5, 5.41) is 6.18. The van der Waals surface area contributed by atoms with Crippen LogP contribution in [0, 0.1) is 6.57 Å². The molecule has 0 aliphatic rings. The highest BCUT2D eigenvalue weighted by Gasteiger charge is 2.19. The topological polar surface area (TPSA) is 66.5 Å². The third-order valence-electron chi connectivity index (χ3n) is 4.60. The average molecular weight is 369 g/mol. The minimum Gasteiger partial charge on any atom is -0.356 e. The van der Waals surface area contributed by atoms with Crippen LogP contribution >= 0.6 is 0 Å². The zero-order chi connectivity index (χ0) is 19.7. The summed E-state index contributed by atoms with van der Waals surface area (Å²) in [6.07, 6.45) is 1.51. The molecule has 0 amide bonds. The van der Waals surface area contributed by atoms with Crippen LogP contribution in [0.3, 0.4) is 0 Å². The highest BCUT2D eigenvalue weighted by Crippen LogP contribution is 2.29. The lowest BCUT2D eigenvalue weighted by Gasteiger charge is -2.13. The van der Waals surface area contributed by atoms with Crippen LogP contribution < -0.4 is 10.9 Å². The van der Waals surface area contributed by atoms with Crippen molar-refractivity contribution in [3.8, 4) is 11.3 Å². The number of rotatable bonds is 4. The molecule has 0 spiro atoms. The third kappa shape index (κ3) is 3.03. The van der Waals surface area contributed by atoms with Gasteiger partial charge in [0, 0.05) is 28.7 Å². The zero-order valence-corrected chi connectivity index (χ0v) is 15.6. The molecule has 6 heteroatoms. The second-order valence-corrected chi connectivity index (χ2v) is 6.83. The van der Waals surface area contributed by atoms with E-state index < -0.39 is 0 Å². The van der Waals surface area contributed by atoms with Crippen LogP contribution in [0.25, 0.3) is 21.7 Å². The number of H-pyrrole nitrogens is 1. The molecule has 0 unspecified atom stereocenters. The van der Waals surface area contributed by atoms with Gasteiger partial charge in [-0.3, -0.25) is 4.79 Å². The van der Waals surface area contributed by atoms with Gasteiger partial charge < -0.3 is 10.4 Å². The monoisotopic (exact) mass is 369 g/mol. The number of benzene rings is 2. The second-order valence-electron chi connectivity index (χ2n) is 6.83. The molecule has 6 nitrogen and oxygen atoms in total. The van der Waals surface area contributed by atoms with Gasteiger partial charge in [-0.1, -0.05) is 44.2 Å². The molecule has 0 saturated heterocycles. The Bertz CT molecular complexity index is 1230. The summed E-state index contributed by atoms with van der Waals surface area (Å²) in [6.45, 7) is 11.2. The van der Waals surface area contributed by atoms with Gasteiger partial charge in [-0.05, 0) is 30.2 Å². The summed E-state index contributed by atoms with van der Waals surface area (Å²) < 4.78 is 1.34. The predicted molar refractivity (Wildman–Crippen MR) is 111 cm³/mol. The SMILES string of the molecule is [C-]#[N+]c1c[nH]n2c(=O)c(C(C)C)c(-c3ccc(Nc4ccccc4)cc3)nc12. The van der Waals surface area contributed by atoms with Gasteiger partial charge in [0.15, 0.2) is 5.65 Å². The summed E-state index contributed by atoms with van der Waals surface area (Å²) in [5.74, 6) is -0.00582. The van der Waals surface area contributed by atoms with Crippen molar-refractivity contribution < 1.29 is 0 Å². The van der Waals surface area contributed by atoms with Crippen molar-refractivity contribution >= 4 is 22.7 Å². The summed E-state index contributed by atoms with van der Waals surface area (Å²) in [6, 6.07) is 17.7. The number of hydrogen-bond donors (Lipinski definition) is 2. The lowest BCUT2D eigenvalue weighted by Crippen LogP contribution is -2.22. The third-order valence-corrected chi connectivity index (χ3v) is 4.60. The van der Waals surface area contributed by atoms with Gasteiger partial charge in [0.1, 0.15) is 0 Å². The normalized spacial score (nSPS) is 10.9. The Morgan fingerprint density at radius 1 is 1.07 bits per heavy atom. The van der Waals surface area contributed by atoms with Crippen LogP contribution in [-0.4, -0.2) is 14.6 Å². The minimum atomic E-state index is -0.170. The number of aromatic amines is 1. The largest absolute Gasteiger partial charge is 0.356 e. The molecule has 0 saturated carbocycles. The van der Waals surface area contributed by atoms with E-state index in [0.717, 1.165) is 16.9 Å². The quantitative estimate of drug-likeness (QED) is 0.491. The van der Waals surface area contributed by atoms with E-state index in [1.807, 2.05) is 68.4 Å². The number of fused-ring (bicyclic) bond motifs is 1. The Morgan fingerprint density at radius 2 is 1.75 bits per heavy atom. The molecule has 2 aromatic heterocycles. The standard InChI is InChI=1S/C22H19N5O/c1-14(2)19-20(26-21-18(23-3)13-24-27(21)22(19)28)15-9-11-17(12-10-15)25-16-7-5-4-6-8-16/h4-14,24-25H,1-2H3. The zero-order valence-electron chi connectivity index (χ0n) is 15.6. The van der Waals surface area contributed by atoms with Crippen LogP contribution in [0.1, 0.15) is 25.3 Å². The highest BCUT2D eigenvalue weighted by atomic mass is 16.1. The van der Waals surface area contributed by atoms with Crippen molar-refractivity contribution in [2.24, 2.45) is 0 Å². The van der Waals surface area contributed by atoms with Crippen molar-refractivity contribution in [2.45, 2.75) is 19.8 Å². The van der Waals surface area contributed by atoms with Gasteiger partial charge in [-0.25, -0.2) is 14.3 Å². The Balaban J connectivity index is 1.81. The number of anilines is 2. The first-order chi connectivity index (χ1) is 13.6. The van der Waals surface area contributed by atoms with E-state index in [-0.39, 0.29) is 11.5 Å². The van der Waals surface area contributed by atoms with Gasteiger partial charge in [0.05, 0.1) is 12.3 Å². The number of aromatic nitrogens is 3. The van der Waals surface area contributed by atoms with Crippen LogP contribution in [0.5, 0.6) is 0 Å². The van der Waals surface area contributed by atoms with Crippen molar-refractivity contribution in [2.75, 3.05) is 5.32 Å². The van der Waals surface area contributed by atoms with Crippen molar-refractivity contribution in [3.05, 3.63) is 88.1 Å². The van der Waals surface area contributed by atoms with Gasteiger partial charge in [-0.15, -0.1) is 0 Å². The summed E-state index contributed by atoms with van der Waals surface area (Å²) in [4.78, 5) is 21.1. The Kier molecular flexibility index (Phi) is 4.42. The van der Waals surface area contributed by atoms with Crippen LogP contribution in [-0.2, 0) is 0 Å². The predicted octanol–water partition coefficient (Wildman–Crippen LogP) is 5.11. The van der Waals surface area contributed by atoms with E-state index in [1.54, 1.807) is 0 Å². The maximum atomic E-state index is 13.0. The first kappa shape index (κ1) is 17.6. The molecular formula is C22H19N5O. The molecule has 2 aromatic carbocycles. The van der Waals surface area contributed by atoms with Crippen molar-refractivity contribution in [1.82, 2.24) is 14.6 Å². The van der Waals surface area contributed by atoms with E-state index >= 15 is 0 Å². The van der Waals surface area contributed by atoms with Crippen LogP contribution in [0.2, 0.25) is 0 Å². The van der Waals surface area contributed by atoms with E-state index in [9.17, 15) is 4.79 Å². The molecule has 0 aliphatic carbocycles. The Morgan fingerprint density at radius 3 is 2.39 bits per heavy atom. The number of hydrogen-bond acceptors (Lipinski definition) is 3. The molecule has 4 rings (SSSR count).